The van der Waals surface area contributed by atoms with Crippen molar-refractivity contribution in [3.05, 3.63) is 29.8 Å². The zero-order valence-corrected chi connectivity index (χ0v) is 14.6. The fourth-order valence-electron chi connectivity index (χ4n) is 2.77. The third kappa shape index (κ3) is 4.93. The molecule has 10 heteroatoms. The van der Waals surface area contributed by atoms with Crippen molar-refractivity contribution in [2.24, 2.45) is 0 Å². The van der Waals surface area contributed by atoms with E-state index < -0.39 is 26.7 Å². The molecule has 1 aliphatic rings. The molecule has 0 bridgehead atoms. The van der Waals surface area contributed by atoms with Crippen LogP contribution in [0, 0.1) is 0 Å². The van der Waals surface area contributed by atoms with Crippen LogP contribution in [0.2, 0.25) is 0 Å². The Balaban J connectivity index is 2.07. The minimum atomic E-state index is -4.73. The van der Waals surface area contributed by atoms with Crippen molar-refractivity contribution in [3.63, 3.8) is 0 Å². The van der Waals surface area contributed by atoms with Crippen molar-refractivity contribution in [2.45, 2.75) is 18.0 Å². The third-order valence-corrected chi connectivity index (χ3v) is 6.05. The zero-order valence-electron chi connectivity index (χ0n) is 13.8. The molecule has 0 aromatic heterocycles. The van der Waals surface area contributed by atoms with Crippen LogP contribution in [0.5, 0.6) is 0 Å². The molecule has 1 aromatic rings. The topological polar surface area (TPSA) is 70.9 Å². The quantitative estimate of drug-likeness (QED) is 0.739. The molecule has 1 saturated heterocycles. The molecule has 2 rings (SSSR count). The van der Waals surface area contributed by atoms with Crippen molar-refractivity contribution >= 4 is 15.9 Å². The molecular formula is C15H21F3N3O3S+. The van der Waals surface area contributed by atoms with Crippen LogP contribution in [0.15, 0.2) is 29.2 Å². The van der Waals surface area contributed by atoms with E-state index in [-0.39, 0.29) is 19.0 Å². The van der Waals surface area contributed by atoms with Gasteiger partial charge in [0.25, 0.3) is 0 Å². The predicted molar refractivity (Wildman–Crippen MR) is 84.5 cm³/mol. The Labute approximate surface area is 144 Å². The number of nitrogens with one attached hydrogen (secondary N) is 2. The first-order valence-corrected chi connectivity index (χ1v) is 9.31. The molecule has 25 heavy (non-hydrogen) atoms. The Kier molecular flexibility index (Phi) is 6.07. The SMILES string of the molecule is CC(=O)NCC[NH+]1CCN(S(=O)(=O)c2ccccc2C(F)(F)F)CC1. The van der Waals surface area contributed by atoms with E-state index in [2.05, 4.69) is 5.32 Å². The van der Waals surface area contributed by atoms with Gasteiger partial charge in [-0.2, -0.15) is 17.5 Å². The van der Waals surface area contributed by atoms with Crippen LogP contribution in [0.4, 0.5) is 13.2 Å². The number of alkyl halides is 3. The number of halogens is 3. The lowest BCUT2D eigenvalue weighted by Crippen LogP contribution is -3.15. The number of carbonyl (C=O) groups excluding carboxylic acids is 1. The highest BCUT2D eigenvalue weighted by Crippen LogP contribution is 2.35. The van der Waals surface area contributed by atoms with Gasteiger partial charge in [0.1, 0.15) is 0 Å². The van der Waals surface area contributed by atoms with E-state index in [1.807, 2.05) is 0 Å². The van der Waals surface area contributed by atoms with E-state index in [9.17, 15) is 26.4 Å². The van der Waals surface area contributed by atoms with Gasteiger partial charge in [0.15, 0.2) is 0 Å². The van der Waals surface area contributed by atoms with Crippen LogP contribution in [-0.2, 0) is 21.0 Å². The molecular weight excluding hydrogens is 359 g/mol. The van der Waals surface area contributed by atoms with Gasteiger partial charge >= 0.3 is 6.18 Å². The van der Waals surface area contributed by atoms with Crippen molar-refractivity contribution in [1.82, 2.24) is 9.62 Å². The van der Waals surface area contributed by atoms with Crippen LogP contribution in [0.25, 0.3) is 0 Å². The van der Waals surface area contributed by atoms with Crippen molar-refractivity contribution < 1.29 is 31.3 Å². The highest BCUT2D eigenvalue weighted by molar-refractivity contribution is 7.89. The molecule has 1 heterocycles. The molecule has 1 aliphatic heterocycles. The zero-order chi connectivity index (χ0) is 18.7. The summed E-state index contributed by atoms with van der Waals surface area (Å²) in [4.78, 5) is 11.2. The Morgan fingerprint density at radius 2 is 1.84 bits per heavy atom. The number of rotatable bonds is 5. The number of benzene rings is 1. The second-order valence-corrected chi connectivity index (χ2v) is 7.79. The van der Waals surface area contributed by atoms with E-state index in [0.717, 1.165) is 21.3 Å². The molecule has 0 unspecified atom stereocenters. The number of hydrogen-bond donors (Lipinski definition) is 2. The molecule has 1 amide bonds. The first-order valence-electron chi connectivity index (χ1n) is 7.87. The van der Waals surface area contributed by atoms with E-state index in [0.29, 0.717) is 26.2 Å². The van der Waals surface area contributed by atoms with Crippen LogP contribution < -0.4 is 10.2 Å². The summed E-state index contributed by atoms with van der Waals surface area (Å²) in [6, 6.07) is 4.24. The summed E-state index contributed by atoms with van der Waals surface area (Å²) in [5.41, 5.74) is -1.14. The standard InChI is InChI=1S/C15H20F3N3O3S/c1-12(22)19-6-7-20-8-10-21(11-9-20)25(23,24)14-5-3-2-4-13(14)15(16,17)18/h2-5H,6-11H2,1H3,(H,19,22)/p+1. The monoisotopic (exact) mass is 380 g/mol. The lowest BCUT2D eigenvalue weighted by Gasteiger charge is -2.32. The Morgan fingerprint density at radius 3 is 2.40 bits per heavy atom. The molecule has 140 valence electrons. The predicted octanol–water partition coefficient (Wildman–Crippen LogP) is -0.269. The number of piperazine rings is 1. The summed E-state index contributed by atoms with van der Waals surface area (Å²) >= 11 is 0. The molecule has 0 atom stereocenters. The largest absolute Gasteiger partial charge is 0.417 e. The maximum atomic E-state index is 13.1. The van der Waals surface area contributed by atoms with E-state index in [4.69, 9.17) is 0 Å². The highest BCUT2D eigenvalue weighted by Gasteiger charge is 2.39. The van der Waals surface area contributed by atoms with Crippen molar-refractivity contribution in [3.8, 4) is 0 Å². The number of carbonyl (C=O) groups is 1. The van der Waals surface area contributed by atoms with Gasteiger partial charge in [-0.3, -0.25) is 4.79 Å². The highest BCUT2D eigenvalue weighted by atomic mass is 32.2. The fourth-order valence-corrected chi connectivity index (χ4v) is 4.43. The maximum Gasteiger partial charge on any atom is 0.417 e. The second-order valence-electron chi connectivity index (χ2n) is 5.88. The molecule has 6 nitrogen and oxygen atoms in total. The van der Waals surface area contributed by atoms with Gasteiger partial charge in [-0.25, -0.2) is 8.42 Å². The van der Waals surface area contributed by atoms with Gasteiger partial charge in [-0.15, -0.1) is 0 Å². The smallest absolute Gasteiger partial charge is 0.351 e. The Morgan fingerprint density at radius 1 is 1.24 bits per heavy atom. The van der Waals surface area contributed by atoms with Crippen LogP contribution in [0.3, 0.4) is 0 Å². The Bertz CT molecular complexity index is 714. The van der Waals surface area contributed by atoms with Crippen molar-refractivity contribution in [1.29, 1.82) is 0 Å². The van der Waals surface area contributed by atoms with E-state index >= 15 is 0 Å². The molecule has 1 aromatic carbocycles. The van der Waals surface area contributed by atoms with E-state index in [1.165, 1.54) is 19.1 Å². The summed E-state index contributed by atoms with van der Waals surface area (Å²) in [5.74, 6) is -0.135. The first-order chi connectivity index (χ1) is 11.6. The van der Waals surface area contributed by atoms with Gasteiger partial charge in [0, 0.05) is 6.92 Å². The summed E-state index contributed by atoms with van der Waals surface area (Å²) in [7, 11) is -4.20. The normalized spacial score (nSPS) is 17.4. The summed E-state index contributed by atoms with van der Waals surface area (Å²) in [5, 5.41) is 2.67. The molecule has 1 fully saturated rings. The molecule has 0 saturated carbocycles. The number of hydrogen-bond acceptors (Lipinski definition) is 3. The summed E-state index contributed by atoms with van der Waals surface area (Å²) in [6.07, 6.45) is -4.73. The van der Waals surface area contributed by atoms with Crippen LogP contribution >= 0.6 is 0 Å². The van der Waals surface area contributed by atoms with Crippen molar-refractivity contribution in [2.75, 3.05) is 39.3 Å². The maximum absolute atomic E-state index is 13.1. The molecule has 0 spiro atoms. The van der Waals surface area contributed by atoms with Crippen LogP contribution in [-0.4, -0.2) is 57.9 Å². The van der Waals surface area contributed by atoms with Gasteiger partial charge < -0.3 is 10.2 Å². The van der Waals surface area contributed by atoms with Crippen LogP contribution in [0.1, 0.15) is 12.5 Å². The summed E-state index contributed by atoms with van der Waals surface area (Å²) in [6.45, 7) is 3.78. The van der Waals surface area contributed by atoms with Gasteiger partial charge in [-0.05, 0) is 12.1 Å². The average Bonchev–Trinajstić information content (AvgIpc) is 2.54. The lowest BCUT2D eigenvalue weighted by molar-refractivity contribution is -0.902. The van der Waals surface area contributed by atoms with Gasteiger partial charge in [0.05, 0.1) is 49.7 Å². The number of quaternary nitrogens is 1. The molecule has 0 aliphatic carbocycles. The third-order valence-electron chi connectivity index (χ3n) is 4.09. The summed E-state index contributed by atoms with van der Waals surface area (Å²) < 4.78 is 65.6. The first kappa shape index (κ1) is 19.7. The lowest BCUT2D eigenvalue weighted by atomic mass is 10.2. The molecule has 0 radical (unpaired) electrons. The number of amides is 1. The fraction of sp³-hybridized carbons (Fsp3) is 0.533. The molecule has 2 N–H and O–H groups in total. The number of nitrogens with zero attached hydrogens (tertiary/aromatic N) is 1. The van der Waals surface area contributed by atoms with Gasteiger partial charge in [0.2, 0.25) is 15.9 Å². The Hall–Kier alpha value is -1.65. The second kappa shape index (κ2) is 7.71. The minimum absolute atomic E-state index is 0.135. The van der Waals surface area contributed by atoms with Gasteiger partial charge in [-0.1, -0.05) is 12.1 Å². The van der Waals surface area contributed by atoms with E-state index in [1.54, 1.807) is 0 Å². The average molecular weight is 380 g/mol. The number of sulfonamides is 1. The minimum Gasteiger partial charge on any atom is -0.351 e.